The summed E-state index contributed by atoms with van der Waals surface area (Å²) in [6, 6.07) is 4.57. The Balaban J connectivity index is 2.36. The van der Waals surface area contributed by atoms with E-state index in [2.05, 4.69) is 9.97 Å². The van der Waals surface area contributed by atoms with Crippen LogP contribution in [0.3, 0.4) is 0 Å². The van der Waals surface area contributed by atoms with E-state index in [-0.39, 0.29) is 11.9 Å². The summed E-state index contributed by atoms with van der Waals surface area (Å²) in [5.74, 6) is -0.283. The van der Waals surface area contributed by atoms with Gasteiger partial charge in [0.05, 0.1) is 6.20 Å². The number of nitrogens with two attached hydrogens (primary N) is 1. The number of nitrogens with zero attached hydrogens (tertiary/aromatic N) is 2. The van der Waals surface area contributed by atoms with Crippen molar-refractivity contribution in [1.29, 1.82) is 0 Å². The minimum atomic E-state index is -0.352. The van der Waals surface area contributed by atoms with Crippen molar-refractivity contribution in [2.75, 3.05) is 0 Å². The smallest absolute Gasteiger partial charge is 0.129 e. The lowest BCUT2D eigenvalue weighted by atomic mass is 10.1. The van der Waals surface area contributed by atoms with E-state index in [0.29, 0.717) is 5.56 Å². The highest BCUT2D eigenvalue weighted by Crippen LogP contribution is 2.32. The minimum absolute atomic E-state index is 0.283. The molecule has 0 aliphatic heterocycles. The molecular formula is C12H12FN3S. The van der Waals surface area contributed by atoms with Gasteiger partial charge in [0.15, 0.2) is 0 Å². The van der Waals surface area contributed by atoms with Gasteiger partial charge in [-0.05, 0) is 19.1 Å². The molecule has 0 amide bonds. The zero-order valence-corrected chi connectivity index (χ0v) is 10.1. The SMILES string of the molecule is C[C@H](N)c1c(F)cccc1Sc1cnccn1. The lowest BCUT2D eigenvalue weighted by Gasteiger charge is -2.12. The monoisotopic (exact) mass is 249 g/mol. The van der Waals surface area contributed by atoms with Crippen LogP contribution in [0, 0.1) is 5.82 Å². The Morgan fingerprint density at radius 1 is 1.35 bits per heavy atom. The van der Waals surface area contributed by atoms with Crippen LogP contribution >= 0.6 is 11.8 Å². The number of rotatable bonds is 3. The fourth-order valence-corrected chi connectivity index (χ4v) is 2.49. The molecule has 3 nitrogen and oxygen atoms in total. The molecule has 0 radical (unpaired) electrons. The first-order valence-corrected chi connectivity index (χ1v) is 5.98. The normalized spacial score (nSPS) is 12.4. The first kappa shape index (κ1) is 12.0. The number of halogens is 1. The Hall–Kier alpha value is -1.46. The summed E-state index contributed by atoms with van der Waals surface area (Å²) in [6.07, 6.45) is 4.84. The van der Waals surface area contributed by atoms with Gasteiger partial charge >= 0.3 is 0 Å². The van der Waals surface area contributed by atoms with Crippen molar-refractivity contribution in [3.05, 3.63) is 48.2 Å². The Bertz CT molecular complexity index is 502. The molecule has 17 heavy (non-hydrogen) atoms. The van der Waals surface area contributed by atoms with Crippen molar-refractivity contribution in [2.45, 2.75) is 22.9 Å². The van der Waals surface area contributed by atoms with Gasteiger partial charge in [0.25, 0.3) is 0 Å². The molecular weight excluding hydrogens is 237 g/mol. The van der Waals surface area contributed by atoms with Crippen LogP contribution in [0.15, 0.2) is 46.7 Å². The van der Waals surface area contributed by atoms with Crippen molar-refractivity contribution in [3.63, 3.8) is 0 Å². The molecule has 2 N–H and O–H groups in total. The number of benzene rings is 1. The maximum Gasteiger partial charge on any atom is 0.129 e. The molecule has 88 valence electrons. The summed E-state index contributed by atoms with van der Waals surface area (Å²) in [4.78, 5) is 8.89. The zero-order valence-electron chi connectivity index (χ0n) is 9.30. The second-order valence-electron chi connectivity index (χ2n) is 3.59. The molecule has 0 aliphatic carbocycles. The molecule has 1 aromatic carbocycles. The standard InChI is InChI=1S/C12H12FN3S/c1-8(14)12-9(13)3-2-4-10(12)17-11-7-15-5-6-16-11/h2-8H,14H2,1H3/t8-/m0/s1. The molecule has 1 heterocycles. The van der Waals surface area contributed by atoms with E-state index in [1.807, 2.05) is 6.07 Å². The van der Waals surface area contributed by atoms with E-state index in [1.54, 1.807) is 31.6 Å². The van der Waals surface area contributed by atoms with E-state index in [4.69, 9.17) is 5.73 Å². The van der Waals surface area contributed by atoms with Gasteiger partial charge in [-0.2, -0.15) is 0 Å². The maximum absolute atomic E-state index is 13.7. The molecule has 0 bridgehead atoms. The van der Waals surface area contributed by atoms with Gasteiger partial charge in [0.1, 0.15) is 10.8 Å². The average molecular weight is 249 g/mol. The highest BCUT2D eigenvalue weighted by atomic mass is 32.2. The average Bonchev–Trinajstić information content (AvgIpc) is 2.30. The number of aromatic nitrogens is 2. The third-order valence-electron chi connectivity index (χ3n) is 2.22. The van der Waals surface area contributed by atoms with Gasteiger partial charge in [-0.3, -0.25) is 4.98 Å². The van der Waals surface area contributed by atoms with Crippen LogP contribution in [-0.2, 0) is 0 Å². The molecule has 0 unspecified atom stereocenters. The maximum atomic E-state index is 13.7. The van der Waals surface area contributed by atoms with E-state index < -0.39 is 0 Å². The van der Waals surface area contributed by atoms with Gasteiger partial charge in [-0.1, -0.05) is 17.8 Å². The second-order valence-corrected chi connectivity index (χ2v) is 4.65. The number of hydrogen-bond acceptors (Lipinski definition) is 4. The van der Waals surface area contributed by atoms with E-state index in [1.165, 1.54) is 17.8 Å². The molecule has 2 aromatic rings. The Labute approximate surface area is 103 Å². The molecule has 0 fully saturated rings. The second kappa shape index (κ2) is 5.25. The van der Waals surface area contributed by atoms with Gasteiger partial charge < -0.3 is 5.73 Å². The van der Waals surface area contributed by atoms with Gasteiger partial charge in [0.2, 0.25) is 0 Å². The first-order chi connectivity index (χ1) is 8.18. The Morgan fingerprint density at radius 2 is 2.18 bits per heavy atom. The van der Waals surface area contributed by atoms with Gasteiger partial charge in [0, 0.05) is 28.9 Å². The summed E-state index contributed by atoms with van der Waals surface area (Å²) >= 11 is 1.36. The molecule has 1 aromatic heterocycles. The minimum Gasteiger partial charge on any atom is -0.324 e. The quantitative estimate of drug-likeness (QED) is 0.908. The van der Waals surface area contributed by atoms with Crippen molar-refractivity contribution >= 4 is 11.8 Å². The van der Waals surface area contributed by atoms with Crippen LogP contribution in [-0.4, -0.2) is 9.97 Å². The summed E-state index contributed by atoms with van der Waals surface area (Å²) in [7, 11) is 0. The largest absolute Gasteiger partial charge is 0.324 e. The fourth-order valence-electron chi connectivity index (χ4n) is 1.50. The van der Waals surface area contributed by atoms with Crippen LogP contribution in [0.2, 0.25) is 0 Å². The van der Waals surface area contributed by atoms with Crippen LogP contribution in [0.4, 0.5) is 4.39 Å². The van der Waals surface area contributed by atoms with Crippen molar-refractivity contribution in [3.8, 4) is 0 Å². The topological polar surface area (TPSA) is 51.8 Å². The highest BCUT2D eigenvalue weighted by molar-refractivity contribution is 7.99. The van der Waals surface area contributed by atoms with Gasteiger partial charge in [-0.25, -0.2) is 9.37 Å². The molecule has 0 saturated heterocycles. The molecule has 5 heteroatoms. The Kier molecular flexibility index (Phi) is 3.71. The lowest BCUT2D eigenvalue weighted by molar-refractivity contribution is 0.585. The third-order valence-corrected chi connectivity index (χ3v) is 3.22. The molecule has 0 aliphatic rings. The first-order valence-electron chi connectivity index (χ1n) is 5.16. The summed E-state index contributed by atoms with van der Waals surface area (Å²) in [5, 5.41) is 0.722. The highest BCUT2D eigenvalue weighted by Gasteiger charge is 2.13. The van der Waals surface area contributed by atoms with Crippen LogP contribution < -0.4 is 5.73 Å². The van der Waals surface area contributed by atoms with Crippen molar-refractivity contribution < 1.29 is 4.39 Å². The molecule has 1 atom stereocenters. The van der Waals surface area contributed by atoms with E-state index >= 15 is 0 Å². The lowest BCUT2D eigenvalue weighted by Crippen LogP contribution is -2.09. The Morgan fingerprint density at radius 3 is 2.82 bits per heavy atom. The fraction of sp³-hybridized carbons (Fsp3) is 0.167. The molecule has 0 spiro atoms. The van der Waals surface area contributed by atoms with Crippen molar-refractivity contribution in [1.82, 2.24) is 9.97 Å². The summed E-state index contributed by atoms with van der Waals surface area (Å²) in [6.45, 7) is 1.76. The summed E-state index contributed by atoms with van der Waals surface area (Å²) in [5.41, 5.74) is 6.30. The molecule has 2 rings (SSSR count). The molecule has 0 saturated carbocycles. The van der Waals surface area contributed by atoms with Crippen molar-refractivity contribution in [2.24, 2.45) is 5.73 Å². The van der Waals surface area contributed by atoms with Crippen LogP contribution in [0.5, 0.6) is 0 Å². The van der Waals surface area contributed by atoms with Crippen LogP contribution in [0.1, 0.15) is 18.5 Å². The third kappa shape index (κ3) is 2.81. The summed E-state index contributed by atoms with van der Waals surface area (Å²) < 4.78 is 13.7. The van der Waals surface area contributed by atoms with Crippen LogP contribution in [0.25, 0.3) is 0 Å². The van der Waals surface area contributed by atoms with E-state index in [0.717, 1.165) is 9.92 Å². The predicted octanol–water partition coefficient (Wildman–Crippen LogP) is 2.79. The predicted molar refractivity (Wildman–Crippen MR) is 65.2 cm³/mol. The van der Waals surface area contributed by atoms with Gasteiger partial charge in [-0.15, -0.1) is 0 Å². The van der Waals surface area contributed by atoms with E-state index in [9.17, 15) is 4.39 Å². The number of hydrogen-bond donors (Lipinski definition) is 1. The zero-order chi connectivity index (χ0) is 12.3.